The van der Waals surface area contributed by atoms with Crippen LogP contribution in [0.25, 0.3) is 5.65 Å². The molecule has 0 aromatic carbocycles. The fourth-order valence-corrected chi connectivity index (χ4v) is 3.28. The fourth-order valence-electron chi connectivity index (χ4n) is 3.12. The van der Waals surface area contributed by atoms with E-state index in [0.717, 1.165) is 31.0 Å². The number of carbonyl (C=O) groups is 1. The molecule has 3 aromatic rings. The predicted octanol–water partition coefficient (Wildman–Crippen LogP) is 2.63. The number of amides is 1. The Balaban J connectivity index is 1.52. The smallest absolute Gasteiger partial charge is 0.231 e. The number of fused-ring (bicyclic) bond motifs is 1. The summed E-state index contributed by atoms with van der Waals surface area (Å²) in [6.07, 6.45) is 6.89. The normalized spacial score (nSPS) is 17.6. The second-order valence-corrected chi connectivity index (χ2v) is 6.53. The van der Waals surface area contributed by atoms with Gasteiger partial charge in [-0.15, -0.1) is 10.2 Å². The van der Waals surface area contributed by atoms with Gasteiger partial charge < -0.3 is 10.2 Å². The van der Waals surface area contributed by atoms with Gasteiger partial charge in [-0.05, 0) is 37.1 Å². The Hall–Kier alpha value is -2.67. The summed E-state index contributed by atoms with van der Waals surface area (Å²) in [5.41, 5.74) is 1.45. The molecule has 0 bridgehead atoms. The molecule has 8 heteroatoms. The minimum absolute atomic E-state index is 0.00422. The number of hydrogen-bond donors (Lipinski definition) is 1. The predicted molar refractivity (Wildman–Crippen MR) is 95.8 cm³/mol. The Labute approximate surface area is 149 Å². The number of nitrogens with one attached hydrogen (secondary N) is 1. The zero-order valence-corrected chi connectivity index (χ0v) is 14.2. The zero-order chi connectivity index (χ0) is 17.2. The van der Waals surface area contributed by atoms with Crippen molar-refractivity contribution in [1.82, 2.24) is 19.6 Å². The topological polar surface area (TPSA) is 75.4 Å². The van der Waals surface area contributed by atoms with Crippen molar-refractivity contribution in [3.63, 3.8) is 0 Å². The van der Waals surface area contributed by atoms with E-state index in [9.17, 15) is 4.79 Å². The van der Waals surface area contributed by atoms with E-state index in [4.69, 9.17) is 11.6 Å². The first-order chi connectivity index (χ1) is 12.2. The molecule has 0 radical (unpaired) electrons. The van der Waals surface area contributed by atoms with Crippen LogP contribution in [0.3, 0.4) is 0 Å². The van der Waals surface area contributed by atoms with Gasteiger partial charge in [0.1, 0.15) is 0 Å². The van der Waals surface area contributed by atoms with E-state index in [-0.39, 0.29) is 11.8 Å². The first-order valence-electron chi connectivity index (χ1n) is 8.17. The van der Waals surface area contributed by atoms with Crippen LogP contribution in [0.5, 0.6) is 0 Å². The van der Waals surface area contributed by atoms with Gasteiger partial charge in [-0.3, -0.25) is 14.2 Å². The van der Waals surface area contributed by atoms with E-state index >= 15 is 0 Å². The lowest BCUT2D eigenvalue weighted by Crippen LogP contribution is -2.41. The zero-order valence-electron chi connectivity index (χ0n) is 13.5. The minimum Gasteiger partial charge on any atom is -0.340 e. The van der Waals surface area contributed by atoms with Crippen LogP contribution in [0, 0.1) is 5.92 Å². The molecule has 1 fully saturated rings. The van der Waals surface area contributed by atoms with Crippen molar-refractivity contribution in [2.75, 3.05) is 23.3 Å². The Kier molecular flexibility index (Phi) is 4.23. The molecule has 25 heavy (non-hydrogen) atoms. The average Bonchev–Trinajstić information content (AvgIpc) is 3.05. The largest absolute Gasteiger partial charge is 0.340 e. The van der Waals surface area contributed by atoms with Crippen molar-refractivity contribution in [2.24, 2.45) is 5.92 Å². The third kappa shape index (κ3) is 3.28. The summed E-state index contributed by atoms with van der Waals surface area (Å²) >= 11 is 6.09. The number of anilines is 2. The molecular formula is C17H17ClN6O. The number of pyridine rings is 2. The van der Waals surface area contributed by atoms with Crippen LogP contribution in [-0.4, -0.2) is 38.6 Å². The van der Waals surface area contributed by atoms with Crippen LogP contribution >= 0.6 is 11.6 Å². The number of rotatable bonds is 3. The van der Waals surface area contributed by atoms with Crippen LogP contribution < -0.4 is 10.2 Å². The number of aromatic nitrogens is 4. The molecule has 0 saturated carbocycles. The SMILES string of the molecule is O=C(Nc1cccnc1)[C@@H]1CCCN(c2nnc3ccc(Cl)cn23)C1. The summed E-state index contributed by atoms with van der Waals surface area (Å²) in [5, 5.41) is 12.0. The van der Waals surface area contributed by atoms with Gasteiger partial charge >= 0.3 is 0 Å². The maximum atomic E-state index is 12.6. The monoisotopic (exact) mass is 356 g/mol. The lowest BCUT2D eigenvalue weighted by atomic mass is 9.97. The van der Waals surface area contributed by atoms with Gasteiger partial charge in [0.15, 0.2) is 5.65 Å². The highest BCUT2D eigenvalue weighted by Crippen LogP contribution is 2.24. The Morgan fingerprint density at radius 1 is 1.28 bits per heavy atom. The highest BCUT2D eigenvalue weighted by molar-refractivity contribution is 6.30. The molecule has 0 aliphatic carbocycles. The lowest BCUT2D eigenvalue weighted by Gasteiger charge is -2.31. The van der Waals surface area contributed by atoms with Crippen LogP contribution in [0.1, 0.15) is 12.8 Å². The molecule has 7 nitrogen and oxygen atoms in total. The quantitative estimate of drug-likeness (QED) is 0.780. The molecule has 0 spiro atoms. The molecule has 4 rings (SSSR count). The summed E-state index contributed by atoms with van der Waals surface area (Å²) in [7, 11) is 0. The van der Waals surface area contributed by atoms with Crippen LogP contribution in [-0.2, 0) is 4.79 Å². The van der Waals surface area contributed by atoms with Gasteiger partial charge in [-0.2, -0.15) is 0 Å². The first-order valence-corrected chi connectivity index (χ1v) is 8.54. The van der Waals surface area contributed by atoms with E-state index in [1.165, 1.54) is 0 Å². The maximum Gasteiger partial charge on any atom is 0.231 e. The highest BCUT2D eigenvalue weighted by Gasteiger charge is 2.28. The Morgan fingerprint density at radius 3 is 3.04 bits per heavy atom. The second-order valence-electron chi connectivity index (χ2n) is 6.09. The summed E-state index contributed by atoms with van der Waals surface area (Å²) in [5.74, 6) is 0.612. The van der Waals surface area contributed by atoms with Gasteiger partial charge in [-0.1, -0.05) is 11.6 Å². The fraction of sp³-hybridized carbons (Fsp3) is 0.294. The van der Waals surface area contributed by atoms with Gasteiger partial charge in [0, 0.05) is 25.5 Å². The molecule has 1 N–H and O–H groups in total. The van der Waals surface area contributed by atoms with Crippen molar-refractivity contribution in [1.29, 1.82) is 0 Å². The van der Waals surface area contributed by atoms with Gasteiger partial charge in [-0.25, -0.2) is 0 Å². The van der Waals surface area contributed by atoms with Gasteiger partial charge in [0.2, 0.25) is 11.9 Å². The van der Waals surface area contributed by atoms with E-state index < -0.39 is 0 Å². The highest BCUT2D eigenvalue weighted by atomic mass is 35.5. The average molecular weight is 357 g/mol. The standard InChI is InChI=1S/C17H17ClN6O/c18-13-5-6-15-21-22-17(24(15)11-13)23-8-2-3-12(10-23)16(25)20-14-4-1-7-19-9-14/h1,4-7,9,11-12H,2-3,8,10H2,(H,20,25)/t12-/m1/s1. The van der Waals surface area contributed by atoms with Gasteiger partial charge in [0.05, 0.1) is 22.8 Å². The first kappa shape index (κ1) is 15.8. The minimum atomic E-state index is -0.111. The number of piperidine rings is 1. The molecule has 1 amide bonds. The van der Waals surface area contributed by atoms with Crippen molar-refractivity contribution in [3.05, 3.63) is 47.9 Å². The third-order valence-electron chi connectivity index (χ3n) is 4.35. The van der Waals surface area contributed by atoms with Crippen molar-refractivity contribution in [2.45, 2.75) is 12.8 Å². The van der Waals surface area contributed by atoms with E-state index in [0.29, 0.717) is 17.3 Å². The molecule has 1 saturated heterocycles. The van der Waals surface area contributed by atoms with Crippen LogP contribution in [0.4, 0.5) is 11.6 Å². The van der Waals surface area contributed by atoms with E-state index in [1.54, 1.807) is 30.7 Å². The molecular weight excluding hydrogens is 340 g/mol. The van der Waals surface area contributed by atoms with Crippen molar-refractivity contribution < 1.29 is 4.79 Å². The number of hydrogen-bond acceptors (Lipinski definition) is 5. The second kappa shape index (κ2) is 6.68. The summed E-state index contributed by atoms with van der Waals surface area (Å²) in [6.45, 7) is 1.43. The molecule has 1 atom stereocenters. The van der Waals surface area contributed by atoms with Crippen molar-refractivity contribution >= 4 is 34.8 Å². The molecule has 3 aromatic heterocycles. The summed E-state index contributed by atoms with van der Waals surface area (Å²) in [4.78, 5) is 18.7. The van der Waals surface area contributed by atoms with E-state index in [1.807, 2.05) is 16.5 Å². The number of carbonyl (C=O) groups excluding carboxylic acids is 1. The van der Waals surface area contributed by atoms with Crippen molar-refractivity contribution in [3.8, 4) is 0 Å². The molecule has 1 aliphatic rings. The molecule has 4 heterocycles. The Bertz CT molecular complexity index is 897. The Morgan fingerprint density at radius 2 is 2.20 bits per heavy atom. The molecule has 128 valence electrons. The number of nitrogens with zero attached hydrogens (tertiary/aromatic N) is 5. The maximum absolute atomic E-state index is 12.6. The van der Waals surface area contributed by atoms with E-state index in [2.05, 4.69) is 25.4 Å². The number of halogens is 1. The van der Waals surface area contributed by atoms with Crippen LogP contribution in [0.15, 0.2) is 42.9 Å². The lowest BCUT2D eigenvalue weighted by molar-refractivity contribution is -0.120. The third-order valence-corrected chi connectivity index (χ3v) is 4.58. The molecule has 0 unspecified atom stereocenters. The van der Waals surface area contributed by atoms with Gasteiger partial charge in [0.25, 0.3) is 0 Å². The van der Waals surface area contributed by atoms with Crippen LogP contribution in [0.2, 0.25) is 5.02 Å². The molecule has 1 aliphatic heterocycles. The summed E-state index contributed by atoms with van der Waals surface area (Å²) in [6, 6.07) is 7.25. The summed E-state index contributed by atoms with van der Waals surface area (Å²) < 4.78 is 1.86.